The number of unbranched alkanes of at least 4 members (excludes halogenated alkanes) is 25. The van der Waals surface area contributed by atoms with Crippen molar-refractivity contribution in [3.8, 4) is 0 Å². The summed E-state index contributed by atoms with van der Waals surface area (Å²) in [5, 5.41) is 0. The maximum atomic E-state index is 12.8. The van der Waals surface area contributed by atoms with Gasteiger partial charge in [0.05, 0.1) is 0 Å². The van der Waals surface area contributed by atoms with Crippen LogP contribution < -0.4 is 0 Å². The first kappa shape index (κ1) is 69.1. The third kappa shape index (κ3) is 58.8. The molecule has 0 aromatic heterocycles. The van der Waals surface area contributed by atoms with E-state index in [0.29, 0.717) is 19.3 Å². The van der Waals surface area contributed by atoms with Crippen molar-refractivity contribution < 1.29 is 28.6 Å². The Labute approximate surface area is 450 Å². The first-order chi connectivity index (χ1) is 36.0. The number of ether oxygens (including phenoxy) is 3. The fourth-order valence-corrected chi connectivity index (χ4v) is 8.26. The fraction of sp³-hybridized carbons (Fsp3) is 0.687. The molecule has 416 valence electrons. The number of esters is 3. The van der Waals surface area contributed by atoms with Gasteiger partial charge in [-0.25, -0.2) is 0 Å². The molecule has 0 rings (SSSR count). The van der Waals surface area contributed by atoms with E-state index in [1.165, 1.54) is 109 Å². The van der Waals surface area contributed by atoms with Crippen molar-refractivity contribution in [2.75, 3.05) is 13.2 Å². The van der Waals surface area contributed by atoms with Crippen LogP contribution in [0.5, 0.6) is 0 Å². The highest BCUT2D eigenvalue weighted by atomic mass is 16.6. The topological polar surface area (TPSA) is 78.9 Å². The van der Waals surface area contributed by atoms with Gasteiger partial charge in [0.15, 0.2) is 6.10 Å². The summed E-state index contributed by atoms with van der Waals surface area (Å²) in [5.74, 6) is -0.901. The second-order valence-corrected chi connectivity index (χ2v) is 19.9. The molecule has 0 bridgehead atoms. The second-order valence-electron chi connectivity index (χ2n) is 19.9. The van der Waals surface area contributed by atoms with E-state index in [4.69, 9.17) is 14.2 Å². The van der Waals surface area contributed by atoms with E-state index >= 15 is 0 Å². The average Bonchev–Trinajstić information content (AvgIpc) is 3.39. The van der Waals surface area contributed by atoms with Crippen molar-refractivity contribution in [3.63, 3.8) is 0 Å². The standard InChI is InChI=1S/C67H112O6/c1-4-7-10-13-15-17-19-21-23-24-25-26-27-28-29-30-31-32-33-34-35-36-37-38-39-40-41-42-44-45-47-49-51-54-57-60-66(69)72-63-64(62-71-65(68)59-56-53-12-9-6-3)73-67(70)61-58-55-52-50-48-46-43-22-20-18-16-14-11-8-5-2/h7,10,15,17,21,23,25-26,28-29,31-32,34-35,37-38,40-41,64H,4-6,8-9,11-14,16,18-20,22,24,27,30,33,36,39,42-63H2,1-3H3/b10-7-,17-15-,23-21-,26-25-,29-28-,32-31-,35-34-,38-37-,41-40-. The van der Waals surface area contributed by atoms with Gasteiger partial charge < -0.3 is 14.2 Å². The molecular formula is C67H112O6. The zero-order valence-corrected chi connectivity index (χ0v) is 47.6. The quantitative estimate of drug-likeness (QED) is 0.0261. The molecule has 0 aromatic carbocycles. The molecule has 0 aromatic rings. The van der Waals surface area contributed by atoms with Crippen molar-refractivity contribution in [2.24, 2.45) is 0 Å². The molecule has 0 spiro atoms. The molecular weight excluding hydrogens is 901 g/mol. The van der Waals surface area contributed by atoms with E-state index < -0.39 is 6.10 Å². The molecule has 0 aliphatic rings. The van der Waals surface area contributed by atoms with Crippen LogP contribution in [0.4, 0.5) is 0 Å². The summed E-state index contributed by atoms with van der Waals surface area (Å²) in [4.78, 5) is 37.8. The molecule has 0 saturated heterocycles. The third-order valence-corrected chi connectivity index (χ3v) is 12.8. The number of carbonyl (C=O) groups is 3. The minimum atomic E-state index is -0.777. The molecule has 6 heteroatoms. The lowest BCUT2D eigenvalue weighted by atomic mass is 10.0. The van der Waals surface area contributed by atoms with Gasteiger partial charge in [-0.05, 0) is 89.9 Å². The first-order valence-corrected chi connectivity index (χ1v) is 30.4. The van der Waals surface area contributed by atoms with Crippen molar-refractivity contribution in [2.45, 2.75) is 284 Å². The van der Waals surface area contributed by atoms with Gasteiger partial charge in [-0.3, -0.25) is 14.4 Å². The highest BCUT2D eigenvalue weighted by Gasteiger charge is 2.19. The Morgan fingerprint density at radius 3 is 0.836 bits per heavy atom. The molecule has 0 radical (unpaired) electrons. The highest BCUT2D eigenvalue weighted by Crippen LogP contribution is 2.16. The molecule has 73 heavy (non-hydrogen) atoms. The van der Waals surface area contributed by atoms with Gasteiger partial charge in [-0.1, -0.05) is 278 Å². The summed E-state index contributed by atoms with van der Waals surface area (Å²) in [5.41, 5.74) is 0. The predicted octanol–water partition coefficient (Wildman–Crippen LogP) is 20.7. The highest BCUT2D eigenvalue weighted by molar-refractivity contribution is 5.71. The van der Waals surface area contributed by atoms with Crippen LogP contribution in [0.15, 0.2) is 109 Å². The van der Waals surface area contributed by atoms with E-state index in [9.17, 15) is 14.4 Å². The van der Waals surface area contributed by atoms with Gasteiger partial charge in [0.1, 0.15) is 13.2 Å². The van der Waals surface area contributed by atoms with Gasteiger partial charge in [0, 0.05) is 19.3 Å². The third-order valence-electron chi connectivity index (χ3n) is 12.8. The van der Waals surface area contributed by atoms with Crippen LogP contribution in [0.25, 0.3) is 0 Å². The van der Waals surface area contributed by atoms with E-state index in [-0.39, 0.29) is 31.1 Å². The lowest BCUT2D eigenvalue weighted by molar-refractivity contribution is -0.167. The summed E-state index contributed by atoms with van der Waals surface area (Å²) < 4.78 is 16.7. The second kappa shape index (κ2) is 60.6. The van der Waals surface area contributed by atoms with Crippen LogP contribution in [0.2, 0.25) is 0 Å². The van der Waals surface area contributed by atoms with Crippen LogP contribution in [0.1, 0.15) is 278 Å². The fourth-order valence-electron chi connectivity index (χ4n) is 8.26. The van der Waals surface area contributed by atoms with Crippen molar-refractivity contribution in [3.05, 3.63) is 109 Å². The summed E-state index contributed by atoms with van der Waals surface area (Å²) in [7, 11) is 0. The lowest BCUT2D eigenvalue weighted by Crippen LogP contribution is -2.30. The van der Waals surface area contributed by atoms with Crippen molar-refractivity contribution >= 4 is 17.9 Å². The van der Waals surface area contributed by atoms with E-state index in [1.807, 2.05) is 0 Å². The van der Waals surface area contributed by atoms with E-state index in [2.05, 4.69) is 130 Å². The van der Waals surface area contributed by atoms with E-state index in [1.54, 1.807) is 0 Å². The smallest absolute Gasteiger partial charge is 0.306 e. The molecule has 0 aliphatic heterocycles. The maximum absolute atomic E-state index is 12.8. The van der Waals surface area contributed by atoms with Crippen molar-refractivity contribution in [1.29, 1.82) is 0 Å². The number of hydrogen-bond acceptors (Lipinski definition) is 6. The van der Waals surface area contributed by atoms with Crippen LogP contribution >= 0.6 is 0 Å². The average molecular weight is 1010 g/mol. The molecule has 0 saturated carbocycles. The number of allylic oxidation sites excluding steroid dienone is 18. The molecule has 0 heterocycles. The zero-order valence-electron chi connectivity index (χ0n) is 47.6. The van der Waals surface area contributed by atoms with Crippen LogP contribution in [0.3, 0.4) is 0 Å². The summed E-state index contributed by atoms with van der Waals surface area (Å²) in [6.07, 6.45) is 82.8. The molecule has 0 aliphatic carbocycles. The van der Waals surface area contributed by atoms with Crippen molar-refractivity contribution in [1.82, 2.24) is 0 Å². The van der Waals surface area contributed by atoms with Crippen LogP contribution in [0, 0.1) is 0 Å². The SMILES string of the molecule is CC/C=C\C/C=C\C/C=C\C/C=C\C/C=C\C/C=C\C/C=C\C/C=C\C/C=C\CCCCCCCCCC(=O)OCC(COC(=O)CCCCCCC)OC(=O)CCCCCCCCCCCCCCCCC. The zero-order chi connectivity index (χ0) is 52.9. The molecule has 0 amide bonds. The Kier molecular flexibility index (Phi) is 57.4. The molecule has 0 fully saturated rings. The first-order valence-electron chi connectivity index (χ1n) is 30.4. The minimum Gasteiger partial charge on any atom is -0.462 e. The predicted molar refractivity (Wildman–Crippen MR) is 316 cm³/mol. The Balaban J connectivity index is 4.06. The Morgan fingerprint density at radius 1 is 0.288 bits per heavy atom. The Hall–Kier alpha value is -3.93. The minimum absolute atomic E-state index is 0.0797. The molecule has 0 N–H and O–H groups in total. The van der Waals surface area contributed by atoms with Gasteiger partial charge in [-0.15, -0.1) is 0 Å². The molecule has 1 atom stereocenters. The number of carbonyl (C=O) groups excluding carboxylic acids is 3. The molecule has 1 unspecified atom stereocenters. The molecule has 6 nitrogen and oxygen atoms in total. The Bertz CT molecular complexity index is 1490. The van der Waals surface area contributed by atoms with E-state index in [0.717, 1.165) is 128 Å². The summed E-state index contributed by atoms with van der Waals surface area (Å²) >= 11 is 0. The number of hydrogen-bond donors (Lipinski definition) is 0. The van der Waals surface area contributed by atoms with Crippen LogP contribution in [-0.4, -0.2) is 37.2 Å². The van der Waals surface area contributed by atoms with Crippen LogP contribution in [-0.2, 0) is 28.6 Å². The van der Waals surface area contributed by atoms with Gasteiger partial charge in [0.2, 0.25) is 0 Å². The summed E-state index contributed by atoms with van der Waals surface area (Å²) in [6.45, 7) is 6.44. The lowest BCUT2D eigenvalue weighted by Gasteiger charge is -2.18. The van der Waals surface area contributed by atoms with Gasteiger partial charge >= 0.3 is 17.9 Å². The largest absolute Gasteiger partial charge is 0.462 e. The number of rotatable bonds is 54. The van der Waals surface area contributed by atoms with Gasteiger partial charge in [-0.2, -0.15) is 0 Å². The summed E-state index contributed by atoms with van der Waals surface area (Å²) in [6, 6.07) is 0. The van der Waals surface area contributed by atoms with Gasteiger partial charge in [0.25, 0.3) is 0 Å². The maximum Gasteiger partial charge on any atom is 0.306 e. The normalized spacial score (nSPS) is 12.9. The Morgan fingerprint density at radius 2 is 0.534 bits per heavy atom. The monoisotopic (exact) mass is 1010 g/mol.